The maximum atomic E-state index is 5.83. The monoisotopic (exact) mass is 237 g/mol. The van der Waals surface area contributed by atoms with Gasteiger partial charge < -0.3 is 15.2 Å². The Morgan fingerprint density at radius 1 is 1.35 bits per heavy atom. The van der Waals surface area contributed by atoms with Crippen molar-refractivity contribution in [3.63, 3.8) is 0 Å². The SMILES string of the molecule is COC(C)(C)CCOc1cccc([C@@H](C)N)c1. The van der Waals surface area contributed by atoms with E-state index in [4.69, 9.17) is 15.2 Å². The minimum Gasteiger partial charge on any atom is -0.493 e. The zero-order valence-electron chi connectivity index (χ0n) is 11.2. The molecule has 0 aliphatic rings. The lowest BCUT2D eigenvalue weighted by Gasteiger charge is -2.22. The smallest absolute Gasteiger partial charge is 0.119 e. The lowest BCUT2D eigenvalue weighted by atomic mass is 10.1. The van der Waals surface area contributed by atoms with Crippen LogP contribution in [0.25, 0.3) is 0 Å². The van der Waals surface area contributed by atoms with E-state index in [-0.39, 0.29) is 11.6 Å². The molecule has 0 amide bonds. The van der Waals surface area contributed by atoms with Crippen molar-refractivity contribution in [3.05, 3.63) is 29.8 Å². The summed E-state index contributed by atoms with van der Waals surface area (Å²) in [5, 5.41) is 0. The second-order valence-electron chi connectivity index (χ2n) is 4.92. The van der Waals surface area contributed by atoms with Crippen LogP contribution < -0.4 is 10.5 Å². The second-order valence-corrected chi connectivity index (χ2v) is 4.92. The van der Waals surface area contributed by atoms with Crippen molar-refractivity contribution in [2.45, 2.75) is 38.8 Å². The predicted octanol–water partition coefficient (Wildman–Crippen LogP) is 2.90. The van der Waals surface area contributed by atoms with Crippen LogP contribution in [0, 0.1) is 0 Å². The zero-order chi connectivity index (χ0) is 12.9. The van der Waals surface area contributed by atoms with Crippen molar-refractivity contribution in [2.75, 3.05) is 13.7 Å². The fraction of sp³-hybridized carbons (Fsp3) is 0.571. The normalized spacial score (nSPS) is 13.5. The Labute approximate surface area is 104 Å². The number of ether oxygens (including phenoxy) is 2. The first-order valence-corrected chi connectivity index (χ1v) is 5.98. The van der Waals surface area contributed by atoms with Crippen LogP contribution in [0.5, 0.6) is 5.75 Å². The first-order chi connectivity index (χ1) is 7.94. The quantitative estimate of drug-likeness (QED) is 0.827. The Balaban J connectivity index is 2.50. The molecule has 1 atom stereocenters. The third kappa shape index (κ3) is 4.75. The molecule has 17 heavy (non-hydrogen) atoms. The largest absolute Gasteiger partial charge is 0.493 e. The van der Waals surface area contributed by atoms with Crippen molar-refractivity contribution < 1.29 is 9.47 Å². The average molecular weight is 237 g/mol. The van der Waals surface area contributed by atoms with Gasteiger partial charge in [0.1, 0.15) is 5.75 Å². The molecule has 2 N–H and O–H groups in total. The van der Waals surface area contributed by atoms with E-state index in [1.54, 1.807) is 7.11 Å². The van der Waals surface area contributed by atoms with E-state index in [1.807, 2.05) is 31.2 Å². The fourth-order valence-electron chi connectivity index (χ4n) is 1.40. The molecule has 0 heterocycles. The molecular weight excluding hydrogens is 214 g/mol. The van der Waals surface area contributed by atoms with Crippen molar-refractivity contribution in [1.29, 1.82) is 0 Å². The van der Waals surface area contributed by atoms with Crippen molar-refractivity contribution in [2.24, 2.45) is 5.73 Å². The van der Waals surface area contributed by atoms with E-state index in [2.05, 4.69) is 13.8 Å². The van der Waals surface area contributed by atoms with Gasteiger partial charge in [-0.1, -0.05) is 12.1 Å². The van der Waals surface area contributed by atoms with Crippen LogP contribution in [-0.4, -0.2) is 19.3 Å². The third-order valence-corrected chi connectivity index (χ3v) is 2.91. The van der Waals surface area contributed by atoms with Gasteiger partial charge in [-0.2, -0.15) is 0 Å². The van der Waals surface area contributed by atoms with Crippen LogP contribution in [0.4, 0.5) is 0 Å². The summed E-state index contributed by atoms with van der Waals surface area (Å²) in [6.45, 7) is 6.71. The maximum Gasteiger partial charge on any atom is 0.119 e. The van der Waals surface area contributed by atoms with Crippen LogP contribution in [-0.2, 0) is 4.74 Å². The number of methoxy groups -OCH3 is 1. The number of rotatable bonds is 6. The van der Waals surface area contributed by atoms with Gasteiger partial charge in [0.15, 0.2) is 0 Å². The van der Waals surface area contributed by atoms with Crippen LogP contribution >= 0.6 is 0 Å². The van der Waals surface area contributed by atoms with Gasteiger partial charge in [-0.25, -0.2) is 0 Å². The fourth-order valence-corrected chi connectivity index (χ4v) is 1.40. The van der Waals surface area contributed by atoms with E-state index in [0.717, 1.165) is 17.7 Å². The molecule has 0 radical (unpaired) electrons. The van der Waals surface area contributed by atoms with Gasteiger partial charge in [-0.3, -0.25) is 0 Å². The summed E-state index contributed by atoms with van der Waals surface area (Å²) in [4.78, 5) is 0. The Morgan fingerprint density at radius 2 is 2.06 bits per heavy atom. The molecule has 0 aliphatic carbocycles. The van der Waals surface area contributed by atoms with Crippen molar-refractivity contribution in [1.82, 2.24) is 0 Å². The number of nitrogens with two attached hydrogens (primary N) is 1. The van der Waals surface area contributed by atoms with Gasteiger partial charge in [0, 0.05) is 19.6 Å². The van der Waals surface area contributed by atoms with Gasteiger partial charge in [-0.05, 0) is 38.5 Å². The molecule has 1 rings (SSSR count). The summed E-state index contributed by atoms with van der Waals surface area (Å²) in [7, 11) is 1.72. The summed E-state index contributed by atoms with van der Waals surface area (Å²) >= 11 is 0. The highest BCUT2D eigenvalue weighted by molar-refractivity contribution is 5.30. The van der Waals surface area contributed by atoms with Gasteiger partial charge in [0.05, 0.1) is 12.2 Å². The van der Waals surface area contributed by atoms with Crippen LogP contribution in [0.2, 0.25) is 0 Å². The van der Waals surface area contributed by atoms with E-state index in [1.165, 1.54) is 0 Å². The summed E-state index contributed by atoms with van der Waals surface area (Å²) < 4.78 is 11.0. The molecule has 1 aromatic carbocycles. The molecular formula is C14H23NO2. The van der Waals surface area contributed by atoms with E-state index < -0.39 is 0 Å². The molecule has 3 nitrogen and oxygen atoms in total. The highest BCUT2D eigenvalue weighted by atomic mass is 16.5. The molecule has 0 unspecified atom stereocenters. The number of hydrogen-bond donors (Lipinski definition) is 1. The zero-order valence-corrected chi connectivity index (χ0v) is 11.2. The molecule has 0 aromatic heterocycles. The maximum absolute atomic E-state index is 5.83. The summed E-state index contributed by atoms with van der Waals surface area (Å²) in [6.07, 6.45) is 0.853. The lowest BCUT2D eigenvalue weighted by Crippen LogP contribution is -2.25. The van der Waals surface area contributed by atoms with Gasteiger partial charge in [0.2, 0.25) is 0 Å². The molecule has 0 spiro atoms. The van der Waals surface area contributed by atoms with Crippen LogP contribution in [0.1, 0.15) is 38.8 Å². The Hall–Kier alpha value is -1.06. The van der Waals surface area contributed by atoms with E-state index >= 15 is 0 Å². The van der Waals surface area contributed by atoms with E-state index in [9.17, 15) is 0 Å². The minimum atomic E-state index is -0.140. The molecule has 1 aromatic rings. The standard InChI is InChI=1S/C14H23NO2/c1-11(15)12-6-5-7-13(10-12)17-9-8-14(2,3)16-4/h5-7,10-11H,8-9,15H2,1-4H3/t11-/m1/s1. The molecule has 0 bridgehead atoms. The molecule has 96 valence electrons. The van der Waals surface area contributed by atoms with Gasteiger partial charge >= 0.3 is 0 Å². The van der Waals surface area contributed by atoms with Gasteiger partial charge in [0.25, 0.3) is 0 Å². The van der Waals surface area contributed by atoms with Crippen molar-refractivity contribution in [3.8, 4) is 5.75 Å². The van der Waals surface area contributed by atoms with Gasteiger partial charge in [-0.15, -0.1) is 0 Å². The molecule has 3 heteroatoms. The molecule has 0 saturated carbocycles. The highest BCUT2D eigenvalue weighted by Crippen LogP contribution is 2.19. The summed E-state index contributed by atoms with van der Waals surface area (Å²) in [5.41, 5.74) is 6.78. The number of hydrogen-bond acceptors (Lipinski definition) is 3. The molecule has 0 saturated heterocycles. The average Bonchev–Trinajstić information content (AvgIpc) is 2.29. The first-order valence-electron chi connectivity index (χ1n) is 5.98. The Bertz CT molecular complexity index is 348. The summed E-state index contributed by atoms with van der Waals surface area (Å²) in [6, 6.07) is 7.95. The van der Waals surface area contributed by atoms with Crippen LogP contribution in [0.15, 0.2) is 24.3 Å². The Kier molecular flexibility index (Phi) is 4.97. The second kappa shape index (κ2) is 6.03. The Morgan fingerprint density at radius 3 is 2.65 bits per heavy atom. The minimum absolute atomic E-state index is 0.0361. The first kappa shape index (κ1) is 14.0. The van der Waals surface area contributed by atoms with Crippen LogP contribution in [0.3, 0.4) is 0 Å². The topological polar surface area (TPSA) is 44.5 Å². The third-order valence-electron chi connectivity index (χ3n) is 2.91. The summed E-state index contributed by atoms with van der Waals surface area (Å²) in [5.74, 6) is 0.867. The molecule has 0 aliphatic heterocycles. The lowest BCUT2D eigenvalue weighted by molar-refractivity contribution is 0.00545. The van der Waals surface area contributed by atoms with Crippen molar-refractivity contribution >= 4 is 0 Å². The molecule has 0 fully saturated rings. The highest BCUT2D eigenvalue weighted by Gasteiger charge is 2.15. The number of benzene rings is 1. The van der Waals surface area contributed by atoms with E-state index in [0.29, 0.717) is 6.61 Å². The predicted molar refractivity (Wildman–Crippen MR) is 70.2 cm³/mol.